The van der Waals surface area contributed by atoms with Gasteiger partial charge in [0, 0.05) is 43.4 Å². The number of anilines is 1. The maximum absolute atomic E-state index is 12.7. The first kappa shape index (κ1) is 19.1. The summed E-state index contributed by atoms with van der Waals surface area (Å²) >= 11 is 0. The lowest BCUT2D eigenvalue weighted by atomic mass is 9.96. The third-order valence-corrected chi connectivity index (χ3v) is 6.12. The Morgan fingerprint density at radius 2 is 1.64 bits per heavy atom. The van der Waals surface area contributed by atoms with Crippen LogP contribution in [0.15, 0.2) is 48.8 Å². The Balaban J connectivity index is 1.27. The number of carbonyl (C=O) groups excluding carboxylic acids is 1. The molecule has 2 aliphatic heterocycles. The number of hydrogen-bond acceptors (Lipinski definition) is 2. The highest BCUT2D eigenvalue weighted by molar-refractivity contribution is 5.89. The molecule has 3 heterocycles. The maximum Gasteiger partial charge on any atom is 0.321 e. The van der Waals surface area contributed by atoms with E-state index in [-0.39, 0.29) is 6.03 Å². The highest BCUT2D eigenvalue weighted by atomic mass is 16.2. The molecule has 0 radical (unpaired) electrons. The fourth-order valence-electron chi connectivity index (χ4n) is 4.46. The molecule has 0 atom stereocenters. The molecule has 1 N–H and O–H groups in total. The van der Waals surface area contributed by atoms with Crippen LogP contribution in [0.4, 0.5) is 10.5 Å². The minimum atomic E-state index is 0.0258. The molecule has 1 aromatic heterocycles. The maximum atomic E-state index is 12.7. The van der Waals surface area contributed by atoms with Gasteiger partial charge in [0.15, 0.2) is 0 Å². The van der Waals surface area contributed by atoms with Gasteiger partial charge in [-0.2, -0.15) is 0 Å². The summed E-state index contributed by atoms with van der Waals surface area (Å²) in [5.41, 5.74) is 1.90. The highest BCUT2D eigenvalue weighted by Gasteiger charge is 2.24. The predicted octanol–water partition coefficient (Wildman–Crippen LogP) is 4.60. The van der Waals surface area contributed by atoms with Gasteiger partial charge < -0.3 is 19.7 Å². The van der Waals surface area contributed by atoms with Gasteiger partial charge >= 0.3 is 6.03 Å². The van der Waals surface area contributed by atoms with Crippen molar-refractivity contribution in [2.45, 2.75) is 38.5 Å². The quantitative estimate of drug-likeness (QED) is 0.842. The molecule has 5 nitrogen and oxygen atoms in total. The van der Waals surface area contributed by atoms with Crippen molar-refractivity contribution in [1.82, 2.24) is 14.4 Å². The van der Waals surface area contributed by atoms with Crippen molar-refractivity contribution in [1.29, 1.82) is 0 Å². The lowest BCUT2D eigenvalue weighted by Gasteiger charge is -2.34. The zero-order valence-corrected chi connectivity index (χ0v) is 16.7. The predicted molar refractivity (Wildman–Crippen MR) is 114 cm³/mol. The van der Waals surface area contributed by atoms with Crippen molar-refractivity contribution >= 4 is 11.7 Å². The van der Waals surface area contributed by atoms with E-state index in [1.54, 1.807) is 0 Å². The van der Waals surface area contributed by atoms with Crippen LogP contribution in [-0.4, -0.2) is 53.1 Å². The van der Waals surface area contributed by atoms with Gasteiger partial charge in [-0.1, -0.05) is 18.9 Å². The van der Waals surface area contributed by atoms with E-state index in [4.69, 9.17) is 0 Å². The minimum Gasteiger partial charge on any atom is -0.325 e. The molecule has 2 aromatic rings. The van der Waals surface area contributed by atoms with Gasteiger partial charge in [0.1, 0.15) is 0 Å². The second-order valence-corrected chi connectivity index (χ2v) is 8.22. The second-order valence-electron chi connectivity index (χ2n) is 8.22. The molecule has 0 saturated carbocycles. The van der Waals surface area contributed by atoms with Crippen LogP contribution >= 0.6 is 0 Å². The molecule has 0 spiro atoms. The monoisotopic (exact) mass is 380 g/mol. The molecule has 0 aliphatic carbocycles. The molecule has 2 saturated heterocycles. The molecule has 2 amide bonds. The van der Waals surface area contributed by atoms with Gasteiger partial charge in [0.25, 0.3) is 0 Å². The Kier molecular flexibility index (Phi) is 6.32. The number of aromatic nitrogens is 1. The average molecular weight is 381 g/mol. The fraction of sp³-hybridized carbons (Fsp3) is 0.522. The number of amides is 2. The number of rotatable bonds is 4. The Labute approximate surface area is 168 Å². The number of carbonyl (C=O) groups is 1. The summed E-state index contributed by atoms with van der Waals surface area (Å²) in [6, 6.07) is 12.0. The van der Waals surface area contributed by atoms with Crippen molar-refractivity contribution in [3.05, 3.63) is 48.8 Å². The number of hydrogen-bond donors (Lipinski definition) is 1. The van der Waals surface area contributed by atoms with Crippen molar-refractivity contribution in [3.8, 4) is 5.69 Å². The van der Waals surface area contributed by atoms with Crippen LogP contribution in [0, 0.1) is 5.92 Å². The molecule has 5 heteroatoms. The van der Waals surface area contributed by atoms with Crippen LogP contribution in [0.5, 0.6) is 0 Å². The molecule has 4 rings (SSSR count). The average Bonchev–Trinajstić information content (AvgIpc) is 3.14. The molecule has 2 fully saturated rings. The summed E-state index contributed by atoms with van der Waals surface area (Å²) in [6.45, 7) is 5.47. The van der Waals surface area contributed by atoms with Crippen LogP contribution in [-0.2, 0) is 0 Å². The first-order chi connectivity index (χ1) is 13.8. The Bertz CT molecular complexity index is 742. The Morgan fingerprint density at radius 3 is 2.36 bits per heavy atom. The van der Waals surface area contributed by atoms with E-state index in [9.17, 15) is 4.79 Å². The van der Waals surface area contributed by atoms with E-state index in [1.165, 1.54) is 45.3 Å². The first-order valence-corrected chi connectivity index (χ1v) is 10.8. The standard InChI is InChI=1S/C23H32N4O/c28-23(24-21-8-7-9-22(18-21)26-14-5-6-15-26)27-16-10-20(11-17-27)19-25-12-3-1-2-4-13-25/h5-9,14-15,18,20H,1-4,10-13,16-17,19H2,(H,24,28). The van der Waals surface area contributed by atoms with E-state index in [0.717, 1.165) is 43.2 Å². The number of urea groups is 1. The third-order valence-electron chi connectivity index (χ3n) is 6.12. The third kappa shape index (κ3) is 4.96. The summed E-state index contributed by atoms with van der Waals surface area (Å²) in [5, 5.41) is 3.08. The van der Waals surface area contributed by atoms with Gasteiger partial charge in [-0.05, 0) is 75.0 Å². The smallest absolute Gasteiger partial charge is 0.321 e. The zero-order valence-electron chi connectivity index (χ0n) is 16.7. The van der Waals surface area contributed by atoms with Gasteiger partial charge in [0.05, 0.1) is 0 Å². The lowest BCUT2D eigenvalue weighted by molar-refractivity contribution is 0.155. The number of benzene rings is 1. The summed E-state index contributed by atoms with van der Waals surface area (Å²) in [6.07, 6.45) is 11.7. The number of nitrogens with zero attached hydrogens (tertiary/aromatic N) is 3. The molecule has 0 unspecified atom stereocenters. The van der Waals surface area contributed by atoms with Crippen molar-refractivity contribution < 1.29 is 4.79 Å². The normalized spacial score (nSPS) is 19.4. The molecule has 150 valence electrons. The molecule has 1 aromatic carbocycles. The second kappa shape index (κ2) is 9.28. The van der Waals surface area contributed by atoms with Crippen LogP contribution in [0.2, 0.25) is 0 Å². The van der Waals surface area contributed by atoms with Crippen molar-refractivity contribution in [2.24, 2.45) is 5.92 Å². The van der Waals surface area contributed by atoms with E-state index >= 15 is 0 Å². The SMILES string of the molecule is O=C(Nc1cccc(-n2cccc2)c1)N1CCC(CN2CCCCCC2)CC1. The van der Waals surface area contributed by atoms with Crippen molar-refractivity contribution in [2.75, 3.05) is 38.0 Å². The molecular weight excluding hydrogens is 348 g/mol. The van der Waals surface area contributed by atoms with Crippen LogP contribution < -0.4 is 5.32 Å². The number of piperidine rings is 1. The fourth-order valence-corrected chi connectivity index (χ4v) is 4.46. The summed E-state index contributed by atoms with van der Waals surface area (Å²) in [5.74, 6) is 0.735. The lowest BCUT2D eigenvalue weighted by Crippen LogP contribution is -2.43. The number of nitrogens with one attached hydrogen (secondary N) is 1. The van der Waals surface area contributed by atoms with E-state index < -0.39 is 0 Å². The summed E-state index contributed by atoms with van der Waals surface area (Å²) in [7, 11) is 0. The van der Waals surface area contributed by atoms with Crippen LogP contribution in [0.1, 0.15) is 38.5 Å². The highest BCUT2D eigenvalue weighted by Crippen LogP contribution is 2.22. The van der Waals surface area contributed by atoms with Gasteiger partial charge in [0.2, 0.25) is 0 Å². The molecular formula is C23H32N4O. The Morgan fingerprint density at radius 1 is 0.929 bits per heavy atom. The molecule has 0 bridgehead atoms. The number of likely N-dealkylation sites (tertiary alicyclic amines) is 2. The van der Waals surface area contributed by atoms with Crippen molar-refractivity contribution in [3.63, 3.8) is 0 Å². The largest absolute Gasteiger partial charge is 0.325 e. The molecule has 2 aliphatic rings. The van der Waals surface area contributed by atoms with E-state index in [2.05, 4.69) is 10.2 Å². The Hall–Kier alpha value is -2.27. The van der Waals surface area contributed by atoms with E-state index in [0.29, 0.717) is 0 Å². The van der Waals surface area contributed by atoms with Gasteiger partial charge in [-0.3, -0.25) is 0 Å². The summed E-state index contributed by atoms with van der Waals surface area (Å²) < 4.78 is 2.05. The van der Waals surface area contributed by atoms with Crippen LogP contribution in [0.25, 0.3) is 5.69 Å². The minimum absolute atomic E-state index is 0.0258. The first-order valence-electron chi connectivity index (χ1n) is 10.8. The van der Waals surface area contributed by atoms with Gasteiger partial charge in [-0.15, -0.1) is 0 Å². The topological polar surface area (TPSA) is 40.5 Å². The summed E-state index contributed by atoms with van der Waals surface area (Å²) in [4.78, 5) is 17.3. The van der Waals surface area contributed by atoms with E-state index in [1.807, 2.05) is 58.3 Å². The van der Waals surface area contributed by atoms with Crippen LogP contribution in [0.3, 0.4) is 0 Å². The van der Waals surface area contributed by atoms with Gasteiger partial charge in [-0.25, -0.2) is 4.79 Å². The molecule has 28 heavy (non-hydrogen) atoms. The zero-order chi connectivity index (χ0) is 19.2.